The third-order valence-electron chi connectivity index (χ3n) is 7.13. The predicted octanol–water partition coefficient (Wildman–Crippen LogP) is 4.52. The summed E-state index contributed by atoms with van der Waals surface area (Å²) in [7, 11) is 0. The van der Waals surface area contributed by atoms with Crippen LogP contribution in [0, 0.1) is 11.3 Å². The molecule has 6 nitrogen and oxygen atoms in total. The number of anilines is 1. The van der Waals surface area contributed by atoms with Crippen LogP contribution in [0.15, 0.2) is 23.5 Å². The molecular formula is C23H33ClN4O2. The zero-order valence-electron chi connectivity index (χ0n) is 18.5. The largest absolute Gasteiger partial charge is 0.388 e. The van der Waals surface area contributed by atoms with Gasteiger partial charge >= 0.3 is 0 Å². The van der Waals surface area contributed by atoms with E-state index in [1.807, 2.05) is 17.0 Å². The van der Waals surface area contributed by atoms with Crippen molar-refractivity contribution in [2.75, 3.05) is 24.5 Å². The van der Waals surface area contributed by atoms with Crippen LogP contribution in [-0.4, -0.2) is 52.8 Å². The van der Waals surface area contributed by atoms with E-state index in [4.69, 9.17) is 16.4 Å². The molecule has 0 N–H and O–H groups in total. The molecule has 0 aromatic carbocycles. The van der Waals surface area contributed by atoms with E-state index in [1.165, 1.54) is 0 Å². The second-order valence-corrected chi connectivity index (χ2v) is 10.6. The van der Waals surface area contributed by atoms with Gasteiger partial charge in [-0.3, -0.25) is 4.79 Å². The predicted molar refractivity (Wildman–Crippen MR) is 120 cm³/mol. The number of aromatic nitrogens is 1. The van der Waals surface area contributed by atoms with Gasteiger partial charge in [-0.05, 0) is 56.1 Å². The molecule has 3 aliphatic rings. The lowest BCUT2D eigenvalue weighted by molar-refractivity contribution is -0.126. The molecule has 1 aromatic heterocycles. The molecule has 1 atom stereocenters. The summed E-state index contributed by atoms with van der Waals surface area (Å²) in [4.78, 5) is 27.6. The number of hydrogen-bond acceptors (Lipinski definition) is 5. The Morgan fingerprint density at radius 3 is 2.63 bits per heavy atom. The van der Waals surface area contributed by atoms with Gasteiger partial charge in [0.05, 0.1) is 5.02 Å². The van der Waals surface area contributed by atoms with Crippen LogP contribution in [0.25, 0.3) is 0 Å². The van der Waals surface area contributed by atoms with Gasteiger partial charge in [-0.1, -0.05) is 37.5 Å². The van der Waals surface area contributed by atoms with Gasteiger partial charge in [0.1, 0.15) is 17.1 Å². The smallest absolute Gasteiger partial charge is 0.272 e. The Kier molecular flexibility index (Phi) is 5.73. The number of carbonyl (C=O) groups is 1. The third-order valence-corrected chi connectivity index (χ3v) is 7.43. The summed E-state index contributed by atoms with van der Waals surface area (Å²) in [5.74, 6) is 1.51. The fraction of sp³-hybridized carbons (Fsp3) is 0.696. The van der Waals surface area contributed by atoms with E-state index in [0.717, 1.165) is 31.5 Å². The third kappa shape index (κ3) is 4.16. The molecule has 1 amide bonds. The number of oxime groups is 1. The van der Waals surface area contributed by atoms with Gasteiger partial charge < -0.3 is 14.6 Å². The molecule has 4 rings (SSSR count). The summed E-state index contributed by atoms with van der Waals surface area (Å²) in [5.41, 5.74) is 0.644. The minimum atomic E-state index is -0.265. The van der Waals surface area contributed by atoms with Crippen LogP contribution in [-0.2, 0) is 9.63 Å². The van der Waals surface area contributed by atoms with Crippen molar-refractivity contribution >= 4 is 29.0 Å². The Morgan fingerprint density at radius 1 is 1.27 bits per heavy atom. The van der Waals surface area contributed by atoms with Gasteiger partial charge in [0.25, 0.3) is 5.91 Å². The SMILES string of the molecule is CC1CN(c2ncccc2Cl)CCN1C(=O)C1=NO[C@]2(CC[C@H](C(C)(C)C)CC2)C1. The molecule has 0 bridgehead atoms. The summed E-state index contributed by atoms with van der Waals surface area (Å²) in [5, 5.41) is 4.92. The maximum Gasteiger partial charge on any atom is 0.272 e. The molecule has 1 saturated carbocycles. The monoisotopic (exact) mass is 432 g/mol. The Hall–Kier alpha value is -1.82. The fourth-order valence-corrected chi connectivity index (χ4v) is 5.38. The minimum absolute atomic E-state index is 0.0177. The topological polar surface area (TPSA) is 58.0 Å². The van der Waals surface area contributed by atoms with Crippen molar-refractivity contribution in [3.05, 3.63) is 23.4 Å². The number of amides is 1. The number of halogens is 1. The lowest BCUT2D eigenvalue weighted by atomic mass is 9.67. The summed E-state index contributed by atoms with van der Waals surface area (Å²) in [6, 6.07) is 3.74. The van der Waals surface area contributed by atoms with Crippen molar-refractivity contribution in [1.29, 1.82) is 0 Å². The van der Waals surface area contributed by atoms with Gasteiger partial charge in [-0.2, -0.15) is 0 Å². The second-order valence-electron chi connectivity index (χ2n) is 10.2. The van der Waals surface area contributed by atoms with Crippen LogP contribution < -0.4 is 4.90 Å². The van der Waals surface area contributed by atoms with Crippen molar-refractivity contribution in [3.63, 3.8) is 0 Å². The van der Waals surface area contributed by atoms with E-state index in [2.05, 4.69) is 42.7 Å². The van der Waals surface area contributed by atoms with Gasteiger partial charge in [-0.15, -0.1) is 0 Å². The summed E-state index contributed by atoms with van der Waals surface area (Å²) in [6.45, 7) is 11.1. The standard InChI is InChI=1S/C23H33ClN4O2/c1-16-15-27(20-18(24)6-5-11-25-20)12-13-28(16)21(29)19-14-23(30-26-19)9-7-17(8-10-23)22(2,3)4/h5-6,11,16-17H,7-10,12-15H2,1-4H3/t16?,17-,23-. The van der Waals surface area contributed by atoms with Crippen molar-refractivity contribution in [2.24, 2.45) is 16.5 Å². The lowest BCUT2D eigenvalue weighted by Gasteiger charge is -2.41. The van der Waals surface area contributed by atoms with Gasteiger partial charge in [0, 0.05) is 38.3 Å². The van der Waals surface area contributed by atoms with E-state index >= 15 is 0 Å². The van der Waals surface area contributed by atoms with E-state index in [0.29, 0.717) is 48.1 Å². The number of rotatable bonds is 2. The minimum Gasteiger partial charge on any atom is -0.388 e. The average molecular weight is 433 g/mol. The summed E-state index contributed by atoms with van der Waals surface area (Å²) < 4.78 is 0. The Morgan fingerprint density at radius 2 is 2.00 bits per heavy atom. The average Bonchev–Trinajstić information content (AvgIpc) is 3.11. The van der Waals surface area contributed by atoms with E-state index in [-0.39, 0.29) is 17.6 Å². The first-order valence-electron chi connectivity index (χ1n) is 11.1. The van der Waals surface area contributed by atoms with Gasteiger partial charge in [0.15, 0.2) is 0 Å². The normalized spacial score (nSPS) is 29.7. The van der Waals surface area contributed by atoms with Gasteiger partial charge in [-0.25, -0.2) is 4.98 Å². The summed E-state index contributed by atoms with van der Waals surface area (Å²) >= 11 is 6.31. The molecule has 2 fully saturated rings. The first-order chi connectivity index (χ1) is 14.2. The molecule has 1 unspecified atom stereocenters. The molecule has 164 valence electrons. The molecule has 2 aliphatic heterocycles. The van der Waals surface area contributed by atoms with Crippen LogP contribution in [0.2, 0.25) is 5.02 Å². The Bertz CT molecular complexity index is 827. The van der Waals surface area contributed by atoms with Crippen LogP contribution in [0.3, 0.4) is 0 Å². The Balaban J connectivity index is 1.35. The highest BCUT2D eigenvalue weighted by atomic mass is 35.5. The molecular weight excluding hydrogens is 400 g/mol. The van der Waals surface area contributed by atoms with Crippen LogP contribution in [0.1, 0.15) is 59.8 Å². The number of piperazine rings is 1. The highest BCUT2D eigenvalue weighted by Crippen LogP contribution is 2.46. The van der Waals surface area contributed by atoms with Crippen molar-refractivity contribution < 1.29 is 9.63 Å². The van der Waals surface area contributed by atoms with Crippen LogP contribution >= 0.6 is 11.6 Å². The van der Waals surface area contributed by atoms with Crippen LogP contribution in [0.5, 0.6) is 0 Å². The number of carbonyl (C=O) groups excluding carboxylic acids is 1. The maximum absolute atomic E-state index is 13.2. The van der Waals surface area contributed by atoms with Crippen molar-refractivity contribution in [2.45, 2.75) is 71.4 Å². The highest BCUT2D eigenvalue weighted by molar-refractivity contribution is 6.39. The van der Waals surface area contributed by atoms with E-state index < -0.39 is 0 Å². The molecule has 30 heavy (non-hydrogen) atoms. The van der Waals surface area contributed by atoms with Crippen molar-refractivity contribution in [1.82, 2.24) is 9.88 Å². The maximum atomic E-state index is 13.2. The second kappa shape index (κ2) is 8.03. The van der Waals surface area contributed by atoms with E-state index in [1.54, 1.807) is 6.20 Å². The molecule has 0 radical (unpaired) electrons. The Labute approximate surface area is 184 Å². The lowest BCUT2D eigenvalue weighted by Crippen LogP contribution is -2.56. The zero-order valence-corrected chi connectivity index (χ0v) is 19.3. The van der Waals surface area contributed by atoms with Gasteiger partial charge in [0.2, 0.25) is 0 Å². The van der Waals surface area contributed by atoms with E-state index in [9.17, 15) is 4.79 Å². The molecule has 1 saturated heterocycles. The quantitative estimate of drug-likeness (QED) is 0.689. The number of nitrogens with zero attached hydrogens (tertiary/aromatic N) is 4. The highest BCUT2D eigenvalue weighted by Gasteiger charge is 2.47. The zero-order chi connectivity index (χ0) is 21.5. The molecule has 1 spiro atoms. The van der Waals surface area contributed by atoms with Crippen LogP contribution in [0.4, 0.5) is 5.82 Å². The molecule has 1 aromatic rings. The number of hydrogen-bond donors (Lipinski definition) is 0. The molecule has 1 aliphatic carbocycles. The van der Waals surface area contributed by atoms with Crippen molar-refractivity contribution in [3.8, 4) is 0 Å². The fourth-order valence-electron chi connectivity index (χ4n) is 5.14. The number of pyridine rings is 1. The molecule has 3 heterocycles. The molecule has 7 heteroatoms. The first-order valence-corrected chi connectivity index (χ1v) is 11.5. The summed E-state index contributed by atoms with van der Waals surface area (Å²) in [6.07, 6.45) is 6.64. The first kappa shape index (κ1) is 21.4.